The summed E-state index contributed by atoms with van der Waals surface area (Å²) in [6, 6.07) is 11.1. The molecule has 0 aliphatic carbocycles. The molecule has 1 aliphatic heterocycles. The van der Waals surface area contributed by atoms with E-state index in [0.717, 1.165) is 21.8 Å². The molecule has 2 unspecified atom stereocenters. The van der Waals surface area contributed by atoms with Gasteiger partial charge in [0.1, 0.15) is 11.7 Å². The van der Waals surface area contributed by atoms with Crippen molar-refractivity contribution < 1.29 is 14.6 Å². The molecule has 1 saturated heterocycles. The zero-order valence-electron chi connectivity index (χ0n) is 16.6. The van der Waals surface area contributed by atoms with Gasteiger partial charge in [0.2, 0.25) is 0 Å². The normalized spacial score (nSPS) is 22.9. The number of piperidine rings is 1. The molecule has 3 aromatic rings. The Hall–Kier alpha value is -1.79. The molecule has 1 fully saturated rings. The largest absolute Gasteiger partial charge is 0.458 e. The van der Waals surface area contributed by atoms with Crippen LogP contribution in [0.2, 0.25) is 10.0 Å². The maximum absolute atomic E-state index is 13.6. The third kappa shape index (κ3) is 3.40. The summed E-state index contributed by atoms with van der Waals surface area (Å²) in [5, 5.41) is 17.3. The number of nitrogens with zero attached hydrogens (tertiary/aromatic N) is 1. The van der Waals surface area contributed by atoms with Crippen LogP contribution >= 0.6 is 23.2 Å². The Morgan fingerprint density at radius 1 is 1.14 bits per heavy atom. The minimum Gasteiger partial charge on any atom is -0.458 e. The first-order valence-corrected chi connectivity index (χ1v) is 10.4. The number of aromatic nitrogens is 1. The van der Waals surface area contributed by atoms with Crippen LogP contribution in [-0.4, -0.2) is 40.4 Å². The highest BCUT2D eigenvalue weighted by atomic mass is 35.5. The van der Waals surface area contributed by atoms with Crippen LogP contribution in [-0.2, 0) is 15.1 Å². The number of aliphatic hydroxyl groups is 1. The predicted octanol–water partition coefficient (Wildman–Crippen LogP) is 4.49. The van der Waals surface area contributed by atoms with E-state index in [9.17, 15) is 9.90 Å². The first-order valence-electron chi connectivity index (χ1n) is 9.65. The van der Waals surface area contributed by atoms with Crippen molar-refractivity contribution in [3.05, 3.63) is 46.4 Å². The van der Waals surface area contributed by atoms with Gasteiger partial charge in [0, 0.05) is 27.4 Å². The Bertz CT molecular complexity index is 1040. The molecule has 2 N–H and O–H groups in total. The quantitative estimate of drug-likeness (QED) is 0.583. The molecule has 0 bridgehead atoms. The van der Waals surface area contributed by atoms with Crippen molar-refractivity contribution in [3.63, 3.8) is 0 Å². The van der Waals surface area contributed by atoms with Gasteiger partial charge in [-0.3, -0.25) is 0 Å². The molecule has 2 aromatic carbocycles. The fourth-order valence-electron chi connectivity index (χ4n) is 4.21. The lowest BCUT2D eigenvalue weighted by Crippen LogP contribution is -2.61. The van der Waals surface area contributed by atoms with Crippen molar-refractivity contribution in [2.45, 2.75) is 44.4 Å². The van der Waals surface area contributed by atoms with Gasteiger partial charge >= 0.3 is 5.97 Å². The lowest BCUT2D eigenvalue weighted by Gasteiger charge is -2.43. The number of carbonyl (C=O) groups is 1. The van der Waals surface area contributed by atoms with Crippen LogP contribution < -0.4 is 5.32 Å². The highest BCUT2D eigenvalue weighted by molar-refractivity contribution is 6.33. The summed E-state index contributed by atoms with van der Waals surface area (Å²) in [4.78, 5) is 13.6. The Balaban J connectivity index is 2.08. The number of halogens is 2. The fraction of sp³-hybridized carbons (Fsp3) is 0.409. The minimum atomic E-state index is -1.26. The number of fused-ring (bicyclic) bond motifs is 3. The summed E-state index contributed by atoms with van der Waals surface area (Å²) in [7, 11) is 0. The second-order valence-electron chi connectivity index (χ2n) is 8.55. The van der Waals surface area contributed by atoms with Gasteiger partial charge in [-0.25, -0.2) is 4.79 Å². The average Bonchev–Trinajstić information content (AvgIpc) is 2.94. The smallest absolute Gasteiger partial charge is 0.335 e. The van der Waals surface area contributed by atoms with Crippen molar-refractivity contribution in [1.29, 1.82) is 0 Å². The number of esters is 1. The monoisotopic (exact) mass is 434 g/mol. The zero-order chi connectivity index (χ0) is 21.0. The molecule has 1 aromatic heterocycles. The van der Waals surface area contributed by atoms with Crippen molar-refractivity contribution in [1.82, 2.24) is 9.88 Å². The molecule has 0 radical (unpaired) electrons. The maximum atomic E-state index is 13.6. The van der Waals surface area contributed by atoms with E-state index in [-0.39, 0.29) is 0 Å². The molecule has 5 nitrogen and oxygen atoms in total. The standard InChI is InChI=1S/C22H24Cl2N2O3/c1-21(2,3)29-20(28)22(8-9-25-12-19(22)27)26-17-6-4-13(23)10-15(17)16-11-14(24)5-7-18(16)26/h4-7,10-11,19,25,27H,8-9,12H2,1-3H3. The lowest BCUT2D eigenvalue weighted by atomic mass is 9.84. The molecule has 2 heterocycles. The second kappa shape index (κ2) is 7.17. The Morgan fingerprint density at radius 2 is 1.69 bits per heavy atom. The SMILES string of the molecule is CC(C)(C)OC(=O)C1(n2c3ccc(Cl)cc3c3cc(Cl)ccc32)CCNCC1O. The van der Waals surface area contributed by atoms with Crippen molar-refractivity contribution >= 4 is 51.0 Å². The predicted molar refractivity (Wildman–Crippen MR) is 117 cm³/mol. The number of hydrogen-bond donors (Lipinski definition) is 2. The number of rotatable bonds is 2. The highest BCUT2D eigenvalue weighted by Crippen LogP contribution is 2.41. The first kappa shape index (κ1) is 20.5. The summed E-state index contributed by atoms with van der Waals surface area (Å²) in [5.41, 5.74) is -0.336. The molecule has 29 heavy (non-hydrogen) atoms. The summed E-state index contributed by atoms with van der Waals surface area (Å²) < 4.78 is 7.74. The third-order valence-corrected chi connectivity index (χ3v) is 5.88. The number of benzene rings is 2. The number of carbonyl (C=O) groups excluding carboxylic acids is 1. The third-order valence-electron chi connectivity index (χ3n) is 5.41. The molecule has 154 valence electrons. The molecule has 7 heteroatoms. The van der Waals surface area contributed by atoms with E-state index in [2.05, 4.69) is 5.32 Å². The van der Waals surface area contributed by atoms with Gasteiger partial charge < -0.3 is 19.7 Å². The van der Waals surface area contributed by atoms with E-state index in [1.165, 1.54) is 0 Å². The van der Waals surface area contributed by atoms with E-state index in [4.69, 9.17) is 27.9 Å². The van der Waals surface area contributed by atoms with Gasteiger partial charge in [-0.1, -0.05) is 23.2 Å². The van der Waals surface area contributed by atoms with Gasteiger partial charge in [-0.15, -0.1) is 0 Å². The Morgan fingerprint density at radius 3 is 2.17 bits per heavy atom. The fourth-order valence-corrected chi connectivity index (χ4v) is 4.55. The first-order chi connectivity index (χ1) is 13.6. The number of ether oxygens (including phenoxy) is 1. The molecular weight excluding hydrogens is 411 g/mol. The average molecular weight is 435 g/mol. The zero-order valence-corrected chi connectivity index (χ0v) is 18.1. The van der Waals surface area contributed by atoms with Gasteiger partial charge in [-0.2, -0.15) is 0 Å². The maximum Gasteiger partial charge on any atom is 0.335 e. The Labute approximate surface area is 179 Å². The number of hydrogen-bond acceptors (Lipinski definition) is 4. The van der Waals surface area contributed by atoms with Crippen LogP contribution in [0, 0.1) is 0 Å². The van der Waals surface area contributed by atoms with Gasteiger partial charge in [0.25, 0.3) is 0 Å². The van der Waals surface area contributed by atoms with Crippen LogP contribution in [0.25, 0.3) is 21.8 Å². The number of nitrogens with one attached hydrogen (secondary N) is 1. The van der Waals surface area contributed by atoms with Crippen molar-refractivity contribution in [2.24, 2.45) is 0 Å². The lowest BCUT2D eigenvalue weighted by molar-refractivity contribution is -0.174. The summed E-state index contributed by atoms with van der Waals surface area (Å²) >= 11 is 12.5. The van der Waals surface area contributed by atoms with Gasteiger partial charge in [-0.05, 0) is 70.1 Å². The molecule has 0 spiro atoms. The minimum absolute atomic E-state index is 0.293. The second-order valence-corrected chi connectivity index (χ2v) is 9.43. The van der Waals surface area contributed by atoms with Gasteiger partial charge in [0.15, 0.2) is 5.54 Å². The summed E-state index contributed by atoms with van der Waals surface area (Å²) in [5.74, 6) is -0.442. The van der Waals surface area contributed by atoms with E-state index >= 15 is 0 Å². The summed E-state index contributed by atoms with van der Waals surface area (Å²) in [6.07, 6.45) is -0.566. The van der Waals surface area contributed by atoms with Gasteiger partial charge in [0.05, 0.1) is 11.0 Å². The molecule has 0 amide bonds. The van der Waals surface area contributed by atoms with Crippen LogP contribution in [0.15, 0.2) is 36.4 Å². The van der Waals surface area contributed by atoms with Crippen LogP contribution in [0.1, 0.15) is 27.2 Å². The van der Waals surface area contributed by atoms with E-state index in [1.54, 1.807) is 12.1 Å². The molecule has 4 rings (SSSR count). The van der Waals surface area contributed by atoms with Crippen LogP contribution in [0.5, 0.6) is 0 Å². The molecule has 1 aliphatic rings. The van der Waals surface area contributed by atoms with Crippen molar-refractivity contribution in [3.8, 4) is 0 Å². The van der Waals surface area contributed by atoms with Crippen molar-refractivity contribution in [2.75, 3.05) is 13.1 Å². The molecular formula is C22H24Cl2N2O3. The number of β-amino-alcohol motifs (C(OH)–C–C–N with tert-alkyl or cyclic N) is 1. The molecule has 2 atom stereocenters. The van der Waals surface area contributed by atoms with Crippen LogP contribution in [0.3, 0.4) is 0 Å². The summed E-state index contributed by atoms with van der Waals surface area (Å²) in [6.45, 7) is 6.37. The van der Waals surface area contributed by atoms with E-state index in [1.807, 2.05) is 49.6 Å². The van der Waals surface area contributed by atoms with E-state index < -0.39 is 23.2 Å². The highest BCUT2D eigenvalue weighted by Gasteiger charge is 2.52. The topological polar surface area (TPSA) is 63.5 Å². The van der Waals surface area contributed by atoms with Crippen LogP contribution in [0.4, 0.5) is 0 Å². The number of aliphatic hydroxyl groups excluding tert-OH is 1. The Kier molecular flexibility index (Phi) is 5.06. The van der Waals surface area contributed by atoms with E-state index in [0.29, 0.717) is 29.6 Å². The molecule has 0 saturated carbocycles.